The van der Waals surface area contributed by atoms with Crippen LogP contribution in [0.4, 0.5) is 0 Å². The Morgan fingerprint density at radius 3 is 2.81 bits per heavy atom. The fourth-order valence-electron chi connectivity index (χ4n) is 1.34. The normalized spacial score (nSPS) is 12.0. The van der Waals surface area contributed by atoms with Crippen LogP contribution in [0.3, 0.4) is 0 Å². The standard InChI is InChI=1S/C12H17NO3/c1-8-4-5-11(10(6-8)9(2)14)16-7-12(15)13-3/h4-6,9,14H,7H2,1-3H3,(H,13,15). The molecule has 0 aromatic heterocycles. The molecule has 0 bridgehead atoms. The van der Waals surface area contributed by atoms with Crippen LogP contribution in [0.15, 0.2) is 18.2 Å². The summed E-state index contributed by atoms with van der Waals surface area (Å²) in [4.78, 5) is 11.0. The van der Waals surface area contributed by atoms with Crippen LogP contribution in [-0.2, 0) is 4.79 Å². The van der Waals surface area contributed by atoms with Gasteiger partial charge in [0.2, 0.25) is 0 Å². The van der Waals surface area contributed by atoms with Crippen molar-refractivity contribution in [2.75, 3.05) is 13.7 Å². The second-order valence-corrected chi connectivity index (χ2v) is 3.68. The molecule has 4 nitrogen and oxygen atoms in total. The van der Waals surface area contributed by atoms with Gasteiger partial charge in [-0.2, -0.15) is 0 Å². The average molecular weight is 223 g/mol. The van der Waals surface area contributed by atoms with Crippen molar-refractivity contribution in [3.63, 3.8) is 0 Å². The maximum absolute atomic E-state index is 11.0. The molecular weight excluding hydrogens is 206 g/mol. The first-order chi connectivity index (χ1) is 7.54. The molecule has 0 saturated carbocycles. The van der Waals surface area contributed by atoms with Crippen molar-refractivity contribution in [1.82, 2.24) is 5.32 Å². The average Bonchev–Trinajstić information content (AvgIpc) is 2.26. The molecule has 0 aliphatic heterocycles. The highest BCUT2D eigenvalue weighted by Crippen LogP contribution is 2.26. The molecular formula is C12H17NO3. The second-order valence-electron chi connectivity index (χ2n) is 3.68. The minimum atomic E-state index is -0.611. The molecule has 1 aromatic rings. The van der Waals surface area contributed by atoms with Crippen LogP contribution in [0, 0.1) is 6.92 Å². The van der Waals surface area contributed by atoms with E-state index in [-0.39, 0.29) is 12.5 Å². The molecule has 2 N–H and O–H groups in total. The molecule has 0 aliphatic rings. The van der Waals surface area contributed by atoms with Gasteiger partial charge in [0.15, 0.2) is 6.61 Å². The summed E-state index contributed by atoms with van der Waals surface area (Å²) in [6, 6.07) is 5.50. The summed E-state index contributed by atoms with van der Waals surface area (Å²) in [6.07, 6.45) is -0.611. The first kappa shape index (κ1) is 12.5. The Morgan fingerprint density at radius 2 is 2.25 bits per heavy atom. The molecule has 0 aliphatic carbocycles. The topological polar surface area (TPSA) is 58.6 Å². The van der Waals surface area contributed by atoms with E-state index in [0.29, 0.717) is 11.3 Å². The van der Waals surface area contributed by atoms with Crippen LogP contribution in [0.5, 0.6) is 5.75 Å². The van der Waals surface area contributed by atoms with Gasteiger partial charge >= 0.3 is 0 Å². The summed E-state index contributed by atoms with van der Waals surface area (Å²) in [6.45, 7) is 3.56. The second kappa shape index (κ2) is 5.51. The summed E-state index contributed by atoms with van der Waals surface area (Å²) in [5.74, 6) is 0.348. The third kappa shape index (κ3) is 3.24. The Balaban J connectivity index is 2.82. The number of rotatable bonds is 4. The molecule has 0 heterocycles. The summed E-state index contributed by atoms with van der Waals surface area (Å²) in [7, 11) is 1.55. The van der Waals surface area contributed by atoms with E-state index in [0.717, 1.165) is 5.56 Å². The lowest BCUT2D eigenvalue weighted by Gasteiger charge is -2.13. The third-order valence-electron chi connectivity index (χ3n) is 2.25. The Morgan fingerprint density at radius 1 is 1.56 bits per heavy atom. The zero-order chi connectivity index (χ0) is 12.1. The number of aliphatic hydroxyl groups is 1. The highest BCUT2D eigenvalue weighted by molar-refractivity contribution is 5.77. The molecule has 1 rings (SSSR count). The van der Waals surface area contributed by atoms with Gasteiger partial charge in [-0.05, 0) is 26.0 Å². The monoisotopic (exact) mass is 223 g/mol. The van der Waals surface area contributed by atoms with Gasteiger partial charge in [0.1, 0.15) is 5.75 Å². The van der Waals surface area contributed by atoms with Crippen molar-refractivity contribution < 1.29 is 14.6 Å². The fraction of sp³-hybridized carbons (Fsp3) is 0.417. The van der Waals surface area contributed by atoms with E-state index < -0.39 is 6.10 Å². The lowest BCUT2D eigenvalue weighted by atomic mass is 10.1. The van der Waals surface area contributed by atoms with E-state index >= 15 is 0 Å². The molecule has 4 heteroatoms. The number of hydrogen-bond acceptors (Lipinski definition) is 3. The summed E-state index contributed by atoms with van der Waals surface area (Å²) < 4.78 is 5.33. The molecule has 88 valence electrons. The quantitative estimate of drug-likeness (QED) is 0.805. The number of carbonyl (C=O) groups excluding carboxylic acids is 1. The molecule has 0 radical (unpaired) electrons. The van der Waals surface area contributed by atoms with Crippen LogP contribution in [0.1, 0.15) is 24.2 Å². The highest BCUT2D eigenvalue weighted by atomic mass is 16.5. The van der Waals surface area contributed by atoms with Crippen molar-refractivity contribution in [3.8, 4) is 5.75 Å². The van der Waals surface area contributed by atoms with Gasteiger partial charge in [-0.3, -0.25) is 4.79 Å². The Hall–Kier alpha value is -1.55. The fourth-order valence-corrected chi connectivity index (χ4v) is 1.34. The zero-order valence-electron chi connectivity index (χ0n) is 9.78. The van der Waals surface area contributed by atoms with Gasteiger partial charge in [-0.15, -0.1) is 0 Å². The van der Waals surface area contributed by atoms with Gasteiger partial charge in [-0.1, -0.05) is 11.6 Å². The zero-order valence-corrected chi connectivity index (χ0v) is 9.78. The van der Waals surface area contributed by atoms with Crippen LogP contribution in [0.25, 0.3) is 0 Å². The number of nitrogens with one attached hydrogen (secondary N) is 1. The minimum absolute atomic E-state index is 0.0424. The van der Waals surface area contributed by atoms with Crippen LogP contribution in [0.2, 0.25) is 0 Å². The number of amides is 1. The summed E-state index contributed by atoms with van der Waals surface area (Å²) in [5, 5.41) is 12.0. The SMILES string of the molecule is CNC(=O)COc1ccc(C)cc1C(C)O. The number of aliphatic hydroxyl groups excluding tert-OH is 1. The minimum Gasteiger partial charge on any atom is -0.483 e. The van der Waals surface area contributed by atoms with E-state index in [4.69, 9.17) is 4.74 Å². The number of hydrogen-bond donors (Lipinski definition) is 2. The van der Waals surface area contributed by atoms with Gasteiger partial charge in [0, 0.05) is 12.6 Å². The van der Waals surface area contributed by atoms with Gasteiger partial charge in [0.25, 0.3) is 5.91 Å². The number of benzene rings is 1. The molecule has 1 aromatic carbocycles. The predicted octanol–water partition coefficient (Wildman–Crippen LogP) is 1.17. The van der Waals surface area contributed by atoms with Crippen molar-refractivity contribution >= 4 is 5.91 Å². The van der Waals surface area contributed by atoms with Gasteiger partial charge in [0.05, 0.1) is 6.10 Å². The van der Waals surface area contributed by atoms with E-state index in [2.05, 4.69) is 5.32 Å². The summed E-state index contributed by atoms with van der Waals surface area (Å²) in [5.41, 5.74) is 1.74. The lowest BCUT2D eigenvalue weighted by molar-refractivity contribution is -0.122. The van der Waals surface area contributed by atoms with Crippen molar-refractivity contribution in [2.45, 2.75) is 20.0 Å². The first-order valence-corrected chi connectivity index (χ1v) is 5.16. The number of carbonyl (C=O) groups is 1. The van der Waals surface area contributed by atoms with Crippen LogP contribution in [-0.4, -0.2) is 24.7 Å². The maximum atomic E-state index is 11.0. The van der Waals surface area contributed by atoms with Crippen molar-refractivity contribution in [2.24, 2.45) is 0 Å². The first-order valence-electron chi connectivity index (χ1n) is 5.16. The predicted molar refractivity (Wildman–Crippen MR) is 61.4 cm³/mol. The Labute approximate surface area is 95.2 Å². The molecule has 1 atom stereocenters. The third-order valence-corrected chi connectivity index (χ3v) is 2.25. The van der Waals surface area contributed by atoms with Crippen LogP contribution >= 0.6 is 0 Å². The van der Waals surface area contributed by atoms with E-state index in [1.807, 2.05) is 19.1 Å². The largest absolute Gasteiger partial charge is 0.483 e. The molecule has 0 fully saturated rings. The van der Waals surface area contributed by atoms with Gasteiger partial charge < -0.3 is 15.2 Å². The van der Waals surface area contributed by atoms with E-state index in [1.165, 1.54) is 0 Å². The molecule has 1 unspecified atom stereocenters. The highest BCUT2D eigenvalue weighted by Gasteiger charge is 2.10. The smallest absolute Gasteiger partial charge is 0.257 e. The number of aryl methyl sites for hydroxylation is 1. The van der Waals surface area contributed by atoms with Gasteiger partial charge in [-0.25, -0.2) is 0 Å². The molecule has 0 saturated heterocycles. The number of ether oxygens (including phenoxy) is 1. The summed E-state index contributed by atoms with van der Waals surface area (Å²) >= 11 is 0. The van der Waals surface area contributed by atoms with Crippen molar-refractivity contribution in [1.29, 1.82) is 0 Å². The van der Waals surface area contributed by atoms with Crippen molar-refractivity contribution in [3.05, 3.63) is 29.3 Å². The maximum Gasteiger partial charge on any atom is 0.257 e. The number of likely N-dealkylation sites (N-methyl/N-ethyl adjacent to an activating group) is 1. The Kier molecular flexibility index (Phi) is 4.31. The molecule has 0 spiro atoms. The molecule has 16 heavy (non-hydrogen) atoms. The van der Waals surface area contributed by atoms with E-state index in [1.54, 1.807) is 20.0 Å². The van der Waals surface area contributed by atoms with Crippen LogP contribution < -0.4 is 10.1 Å². The Bertz CT molecular complexity index is 375. The lowest BCUT2D eigenvalue weighted by Crippen LogP contribution is -2.25. The van der Waals surface area contributed by atoms with E-state index in [9.17, 15) is 9.90 Å². The molecule has 1 amide bonds.